The molecule has 0 atom stereocenters. The maximum atomic E-state index is 12.1. The van der Waals surface area contributed by atoms with E-state index < -0.39 is 10.9 Å². The van der Waals surface area contributed by atoms with Gasteiger partial charge in [0.1, 0.15) is 0 Å². The summed E-state index contributed by atoms with van der Waals surface area (Å²) in [5.74, 6) is -0.569. The molecule has 0 spiro atoms. The second-order valence-electron chi connectivity index (χ2n) is 5.33. The fourth-order valence-electron chi connectivity index (χ4n) is 2.48. The molecule has 132 valence electrons. The molecule has 3 aromatic rings. The van der Waals surface area contributed by atoms with Crippen LogP contribution in [-0.2, 0) is 4.74 Å². The molecule has 26 heavy (non-hydrogen) atoms. The number of ether oxygens (including phenoxy) is 1. The van der Waals surface area contributed by atoms with Gasteiger partial charge in [0.15, 0.2) is 5.69 Å². The van der Waals surface area contributed by atoms with Crippen molar-refractivity contribution in [3.63, 3.8) is 0 Å². The monoisotopic (exact) mass is 371 g/mol. The number of non-ortho nitro benzene ring substituents is 1. The number of hydrogen-bond acceptors (Lipinski definition) is 5. The first-order valence-corrected chi connectivity index (χ1v) is 8.15. The normalized spacial score (nSPS) is 10.5. The molecule has 0 aliphatic heterocycles. The van der Waals surface area contributed by atoms with E-state index in [2.05, 4.69) is 5.10 Å². The van der Waals surface area contributed by atoms with Crippen LogP contribution in [0.3, 0.4) is 0 Å². The molecule has 1 heterocycles. The molecule has 0 unspecified atom stereocenters. The summed E-state index contributed by atoms with van der Waals surface area (Å²) in [6.45, 7) is 1.92. The zero-order chi connectivity index (χ0) is 18.7. The van der Waals surface area contributed by atoms with Crippen molar-refractivity contribution >= 4 is 23.3 Å². The van der Waals surface area contributed by atoms with E-state index in [-0.39, 0.29) is 18.0 Å². The lowest BCUT2D eigenvalue weighted by Crippen LogP contribution is -2.06. The number of carbonyl (C=O) groups excluding carboxylic acids is 1. The number of halogens is 1. The lowest BCUT2D eigenvalue weighted by molar-refractivity contribution is -0.384. The molecule has 7 nitrogen and oxygen atoms in total. The molecule has 3 rings (SSSR count). The number of aromatic nitrogens is 2. The first-order valence-electron chi connectivity index (χ1n) is 7.77. The van der Waals surface area contributed by atoms with Gasteiger partial charge in [-0.1, -0.05) is 29.8 Å². The molecule has 0 aliphatic rings. The predicted molar refractivity (Wildman–Crippen MR) is 96.6 cm³/mol. The fourth-order valence-corrected chi connectivity index (χ4v) is 2.66. The van der Waals surface area contributed by atoms with Gasteiger partial charge in [0, 0.05) is 22.7 Å². The van der Waals surface area contributed by atoms with Gasteiger partial charge in [-0.15, -0.1) is 0 Å². The van der Waals surface area contributed by atoms with Crippen molar-refractivity contribution in [2.45, 2.75) is 6.92 Å². The second kappa shape index (κ2) is 7.37. The van der Waals surface area contributed by atoms with Crippen molar-refractivity contribution in [1.29, 1.82) is 0 Å². The molecule has 0 aliphatic carbocycles. The molecule has 0 bridgehead atoms. The van der Waals surface area contributed by atoms with E-state index in [0.29, 0.717) is 22.0 Å². The fraction of sp³-hybridized carbons (Fsp3) is 0.111. The van der Waals surface area contributed by atoms with Gasteiger partial charge in [0.05, 0.1) is 22.9 Å². The van der Waals surface area contributed by atoms with Gasteiger partial charge < -0.3 is 4.74 Å². The number of hydrogen-bond donors (Lipinski definition) is 0. The molecule has 0 saturated heterocycles. The van der Waals surface area contributed by atoms with Crippen LogP contribution >= 0.6 is 11.6 Å². The van der Waals surface area contributed by atoms with Crippen LogP contribution in [0.1, 0.15) is 17.4 Å². The number of nitro groups is 1. The van der Waals surface area contributed by atoms with Crippen molar-refractivity contribution in [3.8, 4) is 16.9 Å². The summed E-state index contributed by atoms with van der Waals surface area (Å²) in [5, 5.41) is 15.9. The lowest BCUT2D eigenvalue weighted by Gasteiger charge is -2.08. The SMILES string of the molecule is CCOC(=O)c1cc(-c2cccc([N+](=O)[O-])c2)n(-c2cccc(Cl)c2)n1. The Hall–Kier alpha value is -3.19. The smallest absolute Gasteiger partial charge is 0.358 e. The molecular formula is C18H14ClN3O4. The van der Waals surface area contributed by atoms with E-state index in [4.69, 9.17) is 16.3 Å². The quantitative estimate of drug-likeness (QED) is 0.379. The van der Waals surface area contributed by atoms with Gasteiger partial charge in [0.2, 0.25) is 0 Å². The Balaban J connectivity index is 2.18. The number of nitro benzene ring substituents is 1. The highest BCUT2D eigenvalue weighted by Crippen LogP contribution is 2.28. The molecular weight excluding hydrogens is 358 g/mol. The van der Waals surface area contributed by atoms with Crippen LogP contribution in [-0.4, -0.2) is 27.3 Å². The maximum absolute atomic E-state index is 12.1. The Bertz CT molecular complexity index is 984. The molecule has 0 radical (unpaired) electrons. The molecule has 8 heteroatoms. The molecule has 2 aromatic carbocycles. The van der Waals surface area contributed by atoms with E-state index in [1.807, 2.05) is 0 Å². The summed E-state index contributed by atoms with van der Waals surface area (Å²) in [4.78, 5) is 22.7. The minimum atomic E-state index is -0.569. The van der Waals surface area contributed by atoms with Gasteiger partial charge in [-0.3, -0.25) is 10.1 Å². The highest BCUT2D eigenvalue weighted by Gasteiger charge is 2.19. The summed E-state index contributed by atoms with van der Waals surface area (Å²) in [7, 11) is 0. The van der Waals surface area contributed by atoms with E-state index >= 15 is 0 Å². The molecule has 0 saturated carbocycles. The summed E-state index contributed by atoms with van der Waals surface area (Å²) in [6, 6.07) is 14.6. The topological polar surface area (TPSA) is 87.3 Å². The predicted octanol–water partition coefficient (Wildman–Crippen LogP) is 4.28. The number of carbonyl (C=O) groups is 1. The zero-order valence-electron chi connectivity index (χ0n) is 13.8. The van der Waals surface area contributed by atoms with Crippen molar-refractivity contribution in [2.24, 2.45) is 0 Å². The second-order valence-corrected chi connectivity index (χ2v) is 5.77. The average Bonchev–Trinajstić information content (AvgIpc) is 3.07. The van der Waals surface area contributed by atoms with Crippen molar-refractivity contribution in [3.05, 3.63) is 75.4 Å². The summed E-state index contributed by atoms with van der Waals surface area (Å²) in [5.41, 5.74) is 1.73. The molecule has 1 aromatic heterocycles. The summed E-state index contributed by atoms with van der Waals surface area (Å²) in [6.07, 6.45) is 0. The Morgan fingerprint density at radius 3 is 2.69 bits per heavy atom. The van der Waals surface area contributed by atoms with Gasteiger partial charge in [-0.05, 0) is 31.2 Å². The third-order valence-electron chi connectivity index (χ3n) is 3.60. The lowest BCUT2D eigenvalue weighted by atomic mass is 10.1. The van der Waals surface area contributed by atoms with Gasteiger partial charge in [-0.2, -0.15) is 5.10 Å². The highest BCUT2D eigenvalue weighted by molar-refractivity contribution is 6.30. The van der Waals surface area contributed by atoms with Crippen molar-refractivity contribution < 1.29 is 14.5 Å². The molecule has 0 amide bonds. The Labute approximate surface area is 153 Å². The van der Waals surface area contributed by atoms with Crippen LogP contribution in [0.4, 0.5) is 5.69 Å². The largest absolute Gasteiger partial charge is 0.461 e. The first kappa shape index (κ1) is 17.6. The van der Waals surface area contributed by atoms with Crippen LogP contribution in [0.5, 0.6) is 0 Å². The minimum Gasteiger partial charge on any atom is -0.461 e. The van der Waals surface area contributed by atoms with Crippen molar-refractivity contribution in [2.75, 3.05) is 6.61 Å². The van der Waals surface area contributed by atoms with E-state index in [1.165, 1.54) is 22.9 Å². The van der Waals surface area contributed by atoms with Crippen LogP contribution < -0.4 is 0 Å². The number of rotatable bonds is 5. The minimum absolute atomic E-state index is 0.0565. The van der Waals surface area contributed by atoms with Gasteiger partial charge in [-0.25, -0.2) is 9.48 Å². The average molecular weight is 372 g/mol. The van der Waals surface area contributed by atoms with Gasteiger partial charge >= 0.3 is 5.97 Å². The van der Waals surface area contributed by atoms with Crippen LogP contribution in [0, 0.1) is 10.1 Å². The third kappa shape index (κ3) is 3.57. The Kier molecular flexibility index (Phi) is 4.99. The number of nitrogens with zero attached hydrogens (tertiary/aromatic N) is 3. The first-order chi connectivity index (χ1) is 12.5. The molecule has 0 fully saturated rings. The number of esters is 1. The summed E-state index contributed by atoms with van der Waals surface area (Å²) >= 11 is 6.06. The Morgan fingerprint density at radius 2 is 2.00 bits per heavy atom. The number of benzene rings is 2. The van der Waals surface area contributed by atoms with E-state index in [0.717, 1.165) is 0 Å². The third-order valence-corrected chi connectivity index (χ3v) is 3.83. The van der Waals surface area contributed by atoms with E-state index in [9.17, 15) is 14.9 Å². The van der Waals surface area contributed by atoms with Crippen molar-refractivity contribution in [1.82, 2.24) is 9.78 Å². The van der Waals surface area contributed by atoms with E-state index in [1.54, 1.807) is 43.3 Å². The standard InChI is InChI=1S/C18H14ClN3O4/c1-2-26-18(23)16-11-17(12-5-3-8-15(9-12)22(24)25)21(20-16)14-7-4-6-13(19)10-14/h3-11H,2H2,1H3. The molecule has 0 N–H and O–H groups in total. The van der Waals surface area contributed by atoms with Crippen LogP contribution in [0.25, 0.3) is 16.9 Å². The zero-order valence-corrected chi connectivity index (χ0v) is 14.5. The maximum Gasteiger partial charge on any atom is 0.358 e. The Morgan fingerprint density at radius 1 is 1.23 bits per heavy atom. The summed E-state index contributed by atoms with van der Waals surface area (Å²) < 4.78 is 6.52. The highest BCUT2D eigenvalue weighted by atomic mass is 35.5. The van der Waals surface area contributed by atoms with Crippen LogP contribution in [0.15, 0.2) is 54.6 Å². The van der Waals surface area contributed by atoms with Gasteiger partial charge in [0.25, 0.3) is 5.69 Å². The van der Waals surface area contributed by atoms with Crippen LogP contribution in [0.2, 0.25) is 5.02 Å².